The highest BCUT2D eigenvalue weighted by molar-refractivity contribution is 5.26. The first-order valence-electron chi connectivity index (χ1n) is 4.82. The molecule has 2 rings (SSSR count). The number of nitrogens with zero attached hydrogens (tertiary/aromatic N) is 4. The Balaban J connectivity index is 2.55. The van der Waals surface area contributed by atoms with Gasteiger partial charge in [0.1, 0.15) is 5.69 Å². The molecule has 17 heavy (non-hydrogen) atoms. The molecule has 0 unspecified atom stereocenters. The molecule has 0 radical (unpaired) electrons. The van der Waals surface area contributed by atoms with Crippen LogP contribution < -0.4 is 0 Å². The van der Waals surface area contributed by atoms with Gasteiger partial charge in [-0.15, -0.1) is 5.10 Å². The van der Waals surface area contributed by atoms with Crippen molar-refractivity contribution in [1.29, 1.82) is 0 Å². The van der Waals surface area contributed by atoms with E-state index >= 15 is 0 Å². The van der Waals surface area contributed by atoms with E-state index in [-0.39, 0.29) is 11.5 Å². The Kier molecular flexibility index (Phi) is 2.60. The maximum absolute atomic E-state index is 12.7. The highest BCUT2D eigenvalue weighted by Crippen LogP contribution is 2.30. The van der Waals surface area contributed by atoms with E-state index < -0.39 is 11.9 Å². The van der Waals surface area contributed by atoms with Gasteiger partial charge >= 0.3 is 6.18 Å². The van der Waals surface area contributed by atoms with Crippen LogP contribution in [0.15, 0.2) is 18.2 Å². The first-order valence-corrected chi connectivity index (χ1v) is 4.82. The summed E-state index contributed by atoms with van der Waals surface area (Å²) >= 11 is 0. The van der Waals surface area contributed by atoms with Gasteiger partial charge in [0.15, 0.2) is 5.82 Å². The largest absolute Gasteiger partial charge is 0.433 e. The molecule has 0 amide bonds. The van der Waals surface area contributed by atoms with Crippen molar-refractivity contribution >= 4 is 0 Å². The molecule has 0 N–H and O–H groups in total. The average molecular weight is 242 g/mol. The molecule has 2 heterocycles. The summed E-state index contributed by atoms with van der Waals surface area (Å²) in [5.41, 5.74) is 0.0547. The van der Waals surface area contributed by atoms with Gasteiger partial charge < -0.3 is 0 Å². The summed E-state index contributed by atoms with van der Waals surface area (Å²) in [5.74, 6) is 0.0519. The minimum Gasteiger partial charge on any atom is -0.208 e. The van der Waals surface area contributed by atoms with Crippen molar-refractivity contribution in [1.82, 2.24) is 20.0 Å². The first kappa shape index (κ1) is 11.6. The molecule has 0 spiro atoms. The molecule has 7 heteroatoms. The lowest BCUT2D eigenvalue weighted by molar-refractivity contribution is -0.142. The van der Waals surface area contributed by atoms with Gasteiger partial charge in [-0.2, -0.15) is 23.4 Å². The first-order chi connectivity index (χ1) is 7.88. The number of aromatic nitrogens is 4. The van der Waals surface area contributed by atoms with Gasteiger partial charge in [-0.3, -0.25) is 0 Å². The van der Waals surface area contributed by atoms with Crippen molar-refractivity contribution < 1.29 is 13.2 Å². The second kappa shape index (κ2) is 3.83. The van der Waals surface area contributed by atoms with E-state index in [1.807, 2.05) is 0 Å². The molecule has 0 saturated carbocycles. The summed E-state index contributed by atoms with van der Waals surface area (Å²) in [4.78, 5) is 0. The van der Waals surface area contributed by atoms with E-state index in [1.54, 1.807) is 13.0 Å². The summed E-state index contributed by atoms with van der Waals surface area (Å²) in [6.07, 6.45) is -4.46. The van der Waals surface area contributed by atoms with Crippen molar-refractivity contribution in [3.8, 4) is 5.82 Å². The Morgan fingerprint density at radius 2 is 1.76 bits per heavy atom. The molecule has 0 bridgehead atoms. The standard InChI is InChI=1S/C10H9F3N4/c1-6-3-4-9(15-14-6)17-8(10(11,12)13)5-7(2)16-17/h3-5H,1-2H3. The minimum atomic E-state index is -4.46. The van der Waals surface area contributed by atoms with Crippen LogP contribution in [0.4, 0.5) is 13.2 Å². The molecule has 4 nitrogen and oxygen atoms in total. The molecular weight excluding hydrogens is 233 g/mol. The maximum Gasteiger partial charge on any atom is 0.433 e. The van der Waals surface area contributed by atoms with Gasteiger partial charge in [0, 0.05) is 0 Å². The third-order valence-corrected chi connectivity index (χ3v) is 2.12. The molecule has 2 aromatic rings. The molecule has 0 aromatic carbocycles. The minimum absolute atomic E-state index is 0.0519. The van der Waals surface area contributed by atoms with Crippen LogP contribution in [0.1, 0.15) is 17.1 Å². The maximum atomic E-state index is 12.7. The normalized spacial score (nSPS) is 11.8. The fourth-order valence-electron chi connectivity index (χ4n) is 1.38. The van der Waals surface area contributed by atoms with Crippen molar-refractivity contribution in [2.45, 2.75) is 20.0 Å². The van der Waals surface area contributed by atoms with Gasteiger partial charge in [0.2, 0.25) is 0 Å². The monoisotopic (exact) mass is 242 g/mol. The van der Waals surface area contributed by atoms with E-state index in [0.29, 0.717) is 5.69 Å². The summed E-state index contributed by atoms with van der Waals surface area (Å²) in [6, 6.07) is 4.01. The summed E-state index contributed by atoms with van der Waals surface area (Å²) in [7, 11) is 0. The van der Waals surface area contributed by atoms with Crippen LogP contribution in [0.3, 0.4) is 0 Å². The van der Waals surface area contributed by atoms with Crippen LogP contribution in [-0.2, 0) is 6.18 Å². The van der Waals surface area contributed by atoms with Crippen LogP contribution in [0.25, 0.3) is 5.82 Å². The molecule has 0 fully saturated rings. The van der Waals surface area contributed by atoms with E-state index in [9.17, 15) is 13.2 Å². The quantitative estimate of drug-likeness (QED) is 0.770. The van der Waals surface area contributed by atoms with Crippen molar-refractivity contribution in [2.75, 3.05) is 0 Å². The zero-order valence-electron chi connectivity index (χ0n) is 9.15. The second-order valence-corrected chi connectivity index (χ2v) is 3.61. The van der Waals surface area contributed by atoms with Crippen LogP contribution in [0, 0.1) is 13.8 Å². The Morgan fingerprint density at radius 1 is 1.06 bits per heavy atom. The predicted octanol–water partition coefficient (Wildman–Crippen LogP) is 2.30. The fraction of sp³-hybridized carbons (Fsp3) is 0.300. The van der Waals surface area contributed by atoms with Crippen LogP contribution in [-0.4, -0.2) is 20.0 Å². The van der Waals surface area contributed by atoms with Crippen molar-refractivity contribution in [3.63, 3.8) is 0 Å². The summed E-state index contributed by atoms with van der Waals surface area (Å²) < 4.78 is 38.9. The molecule has 0 aliphatic heterocycles. The number of rotatable bonds is 1. The lowest BCUT2D eigenvalue weighted by atomic mass is 10.3. The Morgan fingerprint density at radius 3 is 2.29 bits per heavy atom. The third-order valence-electron chi connectivity index (χ3n) is 2.12. The molecule has 0 atom stereocenters. The van der Waals surface area contributed by atoms with E-state index in [0.717, 1.165) is 10.7 Å². The fourth-order valence-corrected chi connectivity index (χ4v) is 1.38. The average Bonchev–Trinajstić information content (AvgIpc) is 2.61. The molecule has 2 aromatic heterocycles. The van der Waals surface area contributed by atoms with Gasteiger partial charge in [-0.05, 0) is 32.0 Å². The van der Waals surface area contributed by atoms with E-state index in [1.165, 1.54) is 13.0 Å². The summed E-state index contributed by atoms with van der Waals surface area (Å²) in [6.45, 7) is 3.20. The smallest absolute Gasteiger partial charge is 0.208 e. The Hall–Kier alpha value is -1.92. The number of aryl methyl sites for hydroxylation is 2. The van der Waals surface area contributed by atoms with Gasteiger partial charge in [-0.25, -0.2) is 4.68 Å². The van der Waals surface area contributed by atoms with E-state index in [2.05, 4.69) is 15.3 Å². The molecular formula is C10H9F3N4. The number of halogens is 3. The predicted molar refractivity (Wildman–Crippen MR) is 53.6 cm³/mol. The highest BCUT2D eigenvalue weighted by atomic mass is 19.4. The molecule has 0 aliphatic rings. The molecule has 0 saturated heterocycles. The lowest BCUT2D eigenvalue weighted by Crippen LogP contribution is -2.14. The van der Waals surface area contributed by atoms with Crippen molar-refractivity contribution in [2.24, 2.45) is 0 Å². The SMILES string of the molecule is Cc1ccc(-n2nc(C)cc2C(F)(F)F)nn1. The Bertz CT molecular complexity index is 527. The van der Waals surface area contributed by atoms with Crippen LogP contribution in [0.5, 0.6) is 0 Å². The number of alkyl halides is 3. The van der Waals surface area contributed by atoms with E-state index in [4.69, 9.17) is 0 Å². The van der Waals surface area contributed by atoms with Gasteiger partial charge in [-0.1, -0.05) is 0 Å². The van der Waals surface area contributed by atoms with Crippen molar-refractivity contribution in [3.05, 3.63) is 35.3 Å². The van der Waals surface area contributed by atoms with Crippen LogP contribution in [0.2, 0.25) is 0 Å². The van der Waals surface area contributed by atoms with Gasteiger partial charge in [0.05, 0.1) is 11.4 Å². The lowest BCUT2D eigenvalue weighted by Gasteiger charge is -2.08. The number of hydrogen-bond acceptors (Lipinski definition) is 3. The zero-order valence-corrected chi connectivity index (χ0v) is 9.15. The second-order valence-electron chi connectivity index (χ2n) is 3.61. The summed E-state index contributed by atoms with van der Waals surface area (Å²) in [5, 5.41) is 11.2. The topological polar surface area (TPSA) is 43.6 Å². The zero-order chi connectivity index (χ0) is 12.6. The highest BCUT2D eigenvalue weighted by Gasteiger charge is 2.36. The Labute approximate surface area is 95.1 Å². The number of hydrogen-bond donors (Lipinski definition) is 0. The molecule has 0 aliphatic carbocycles. The van der Waals surface area contributed by atoms with Crippen LogP contribution >= 0.6 is 0 Å². The third kappa shape index (κ3) is 2.27. The molecule has 90 valence electrons. The van der Waals surface area contributed by atoms with Gasteiger partial charge in [0.25, 0.3) is 0 Å².